The van der Waals surface area contributed by atoms with Gasteiger partial charge in [0, 0.05) is 11.3 Å². The highest BCUT2D eigenvalue weighted by molar-refractivity contribution is 8.00. The van der Waals surface area contributed by atoms with Crippen molar-refractivity contribution in [2.24, 2.45) is 0 Å². The van der Waals surface area contributed by atoms with E-state index in [0.717, 1.165) is 16.9 Å². The molecule has 1 aromatic heterocycles. The number of anilines is 1. The zero-order chi connectivity index (χ0) is 30.5. The standard InChI is InChI=1S/C31H28FN3O6S2/c1-4-40-22-13-8-19(9-14-22)27(36)25-26(20-10-15-23(41-5-2)24(16-20)39-3)35(29(38)28(25)37)30-33-34-31(43-30)42-17-18-6-11-21(32)12-7-18/h6-16,26,36H,4-5,17H2,1-3H3/b27-25-. The fourth-order valence-electron chi connectivity index (χ4n) is 4.59. The maximum atomic E-state index is 13.6. The van der Waals surface area contributed by atoms with Crippen LogP contribution in [0.15, 0.2) is 76.6 Å². The Hall–Kier alpha value is -4.42. The summed E-state index contributed by atoms with van der Waals surface area (Å²) < 4.78 is 30.5. The first kappa shape index (κ1) is 30.1. The molecule has 2 heterocycles. The molecule has 0 saturated carbocycles. The number of nitrogens with zero attached hydrogens (tertiary/aromatic N) is 3. The molecular weight excluding hydrogens is 593 g/mol. The number of amides is 1. The van der Waals surface area contributed by atoms with Crippen molar-refractivity contribution >= 4 is 45.7 Å². The molecule has 12 heteroatoms. The lowest BCUT2D eigenvalue weighted by Crippen LogP contribution is -2.29. The summed E-state index contributed by atoms with van der Waals surface area (Å²) in [6.07, 6.45) is 0. The number of thioether (sulfide) groups is 1. The molecule has 9 nitrogen and oxygen atoms in total. The van der Waals surface area contributed by atoms with E-state index in [2.05, 4.69) is 10.2 Å². The molecule has 1 aliphatic heterocycles. The number of aliphatic hydroxyl groups is 1. The Bertz CT molecular complexity index is 1660. The number of ketones is 1. The van der Waals surface area contributed by atoms with Gasteiger partial charge in [-0.15, -0.1) is 10.2 Å². The molecule has 1 aliphatic rings. The maximum Gasteiger partial charge on any atom is 0.301 e. The second-order valence-electron chi connectivity index (χ2n) is 9.24. The molecule has 0 bridgehead atoms. The van der Waals surface area contributed by atoms with E-state index in [9.17, 15) is 19.1 Å². The van der Waals surface area contributed by atoms with Gasteiger partial charge in [-0.2, -0.15) is 0 Å². The van der Waals surface area contributed by atoms with E-state index in [-0.39, 0.29) is 22.3 Å². The highest BCUT2D eigenvalue weighted by Crippen LogP contribution is 2.45. The van der Waals surface area contributed by atoms with Gasteiger partial charge in [0.05, 0.1) is 31.9 Å². The third kappa shape index (κ3) is 6.35. The Labute approximate surface area is 255 Å². The average molecular weight is 622 g/mol. The number of methoxy groups -OCH3 is 1. The van der Waals surface area contributed by atoms with Crippen molar-refractivity contribution in [2.75, 3.05) is 25.2 Å². The number of rotatable bonds is 11. The lowest BCUT2D eigenvalue weighted by atomic mass is 9.95. The quantitative estimate of drug-likeness (QED) is 0.0668. The summed E-state index contributed by atoms with van der Waals surface area (Å²) >= 11 is 2.51. The van der Waals surface area contributed by atoms with E-state index in [1.165, 1.54) is 35.9 Å². The summed E-state index contributed by atoms with van der Waals surface area (Å²) in [6, 6.07) is 16.8. The summed E-state index contributed by atoms with van der Waals surface area (Å²) in [5, 5.41) is 20.1. The summed E-state index contributed by atoms with van der Waals surface area (Å²) in [6.45, 7) is 4.60. The van der Waals surface area contributed by atoms with Crippen molar-refractivity contribution in [1.29, 1.82) is 0 Å². The highest BCUT2D eigenvalue weighted by atomic mass is 32.2. The number of hydrogen-bond donors (Lipinski definition) is 1. The van der Waals surface area contributed by atoms with E-state index in [1.807, 2.05) is 13.8 Å². The molecule has 0 radical (unpaired) electrons. The Morgan fingerprint density at radius 3 is 2.37 bits per heavy atom. The largest absolute Gasteiger partial charge is 0.507 e. The van der Waals surface area contributed by atoms with Crippen molar-refractivity contribution < 1.29 is 33.3 Å². The van der Waals surface area contributed by atoms with Gasteiger partial charge in [0.1, 0.15) is 17.3 Å². The average Bonchev–Trinajstić information content (AvgIpc) is 3.59. The molecule has 43 heavy (non-hydrogen) atoms. The third-order valence-electron chi connectivity index (χ3n) is 6.56. The minimum atomic E-state index is -1.03. The molecule has 0 spiro atoms. The van der Waals surface area contributed by atoms with Crippen LogP contribution in [0.5, 0.6) is 17.2 Å². The van der Waals surface area contributed by atoms with E-state index >= 15 is 0 Å². The van der Waals surface area contributed by atoms with Crippen molar-refractivity contribution in [3.05, 3.63) is 94.8 Å². The first-order chi connectivity index (χ1) is 20.8. The predicted octanol–water partition coefficient (Wildman–Crippen LogP) is 6.40. The number of hydrogen-bond acceptors (Lipinski definition) is 10. The minimum absolute atomic E-state index is 0.101. The van der Waals surface area contributed by atoms with Crippen LogP contribution in [0.3, 0.4) is 0 Å². The van der Waals surface area contributed by atoms with Crippen LogP contribution in [-0.2, 0) is 15.3 Å². The molecule has 1 atom stereocenters. The molecule has 3 aromatic carbocycles. The van der Waals surface area contributed by atoms with Crippen LogP contribution in [0, 0.1) is 5.82 Å². The summed E-state index contributed by atoms with van der Waals surface area (Å²) in [4.78, 5) is 28.4. The number of aromatic nitrogens is 2. The monoisotopic (exact) mass is 621 g/mol. The summed E-state index contributed by atoms with van der Waals surface area (Å²) in [5.74, 6) is -0.365. The minimum Gasteiger partial charge on any atom is -0.507 e. The van der Waals surface area contributed by atoms with E-state index in [1.54, 1.807) is 54.6 Å². The number of aliphatic hydroxyl groups excluding tert-OH is 1. The Morgan fingerprint density at radius 2 is 1.70 bits per heavy atom. The van der Waals surface area contributed by atoms with Gasteiger partial charge < -0.3 is 19.3 Å². The fourth-order valence-corrected chi connectivity index (χ4v) is 6.41. The molecule has 222 valence electrons. The van der Waals surface area contributed by atoms with Crippen molar-refractivity contribution in [2.45, 2.75) is 30.0 Å². The van der Waals surface area contributed by atoms with Gasteiger partial charge in [-0.1, -0.05) is 41.3 Å². The van der Waals surface area contributed by atoms with Crippen LogP contribution >= 0.6 is 23.1 Å². The first-order valence-corrected chi connectivity index (χ1v) is 15.2. The molecule has 4 aromatic rings. The number of Topliss-reactive ketones (excluding diaryl/α,β-unsaturated/α-hetero) is 1. The first-order valence-electron chi connectivity index (χ1n) is 13.4. The molecule has 1 fully saturated rings. The lowest BCUT2D eigenvalue weighted by molar-refractivity contribution is -0.132. The lowest BCUT2D eigenvalue weighted by Gasteiger charge is -2.23. The Morgan fingerprint density at radius 1 is 0.977 bits per heavy atom. The zero-order valence-corrected chi connectivity index (χ0v) is 25.2. The molecule has 1 unspecified atom stereocenters. The second-order valence-corrected chi connectivity index (χ2v) is 11.4. The Kier molecular flexibility index (Phi) is 9.27. The van der Waals surface area contributed by atoms with Gasteiger partial charge in [-0.3, -0.25) is 14.5 Å². The van der Waals surface area contributed by atoms with Gasteiger partial charge in [0.2, 0.25) is 5.13 Å². The number of carbonyl (C=O) groups is 2. The van der Waals surface area contributed by atoms with Gasteiger partial charge in [0.25, 0.3) is 5.78 Å². The zero-order valence-electron chi connectivity index (χ0n) is 23.6. The third-order valence-corrected chi connectivity index (χ3v) is 8.69. The second kappa shape index (κ2) is 13.3. The van der Waals surface area contributed by atoms with Crippen molar-refractivity contribution in [3.63, 3.8) is 0 Å². The molecular formula is C31H28FN3O6S2. The van der Waals surface area contributed by atoms with Crippen LogP contribution < -0.4 is 19.1 Å². The van der Waals surface area contributed by atoms with E-state index < -0.39 is 17.7 Å². The highest BCUT2D eigenvalue weighted by Gasteiger charge is 2.48. The maximum absolute atomic E-state index is 13.6. The van der Waals surface area contributed by atoms with Crippen LogP contribution in [0.1, 0.15) is 36.6 Å². The van der Waals surface area contributed by atoms with Crippen molar-refractivity contribution in [1.82, 2.24) is 10.2 Å². The molecule has 0 aliphatic carbocycles. The summed E-state index contributed by atoms with van der Waals surface area (Å²) in [5.41, 5.74) is 1.64. The topological polar surface area (TPSA) is 111 Å². The van der Waals surface area contributed by atoms with E-state index in [4.69, 9.17) is 14.2 Å². The molecule has 1 amide bonds. The Balaban J connectivity index is 1.56. The van der Waals surface area contributed by atoms with Gasteiger partial charge >= 0.3 is 5.91 Å². The van der Waals surface area contributed by atoms with E-state index in [0.29, 0.717) is 51.7 Å². The predicted molar refractivity (Wildman–Crippen MR) is 162 cm³/mol. The van der Waals surface area contributed by atoms with Crippen LogP contribution in [0.4, 0.5) is 9.52 Å². The number of halogens is 1. The number of ether oxygens (including phenoxy) is 3. The normalized spacial score (nSPS) is 16.0. The molecule has 1 N–H and O–H groups in total. The SMILES string of the molecule is CCOc1ccc(/C(O)=C2/C(=O)C(=O)N(c3nnc(SCc4ccc(F)cc4)s3)C2c2ccc(OCC)c(OC)c2)cc1. The van der Waals surface area contributed by atoms with Crippen molar-refractivity contribution in [3.8, 4) is 17.2 Å². The molecule has 1 saturated heterocycles. The van der Waals surface area contributed by atoms with Crippen LogP contribution in [0.25, 0.3) is 5.76 Å². The smallest absolute Gasteiger partial charge is 0.301 e. The van der Waals surface area contributed by atoms with Gasteiger partial charge in [0.15, 0.2) is 15.8 Å². The van der Waals surface area contributed by atoms with Crippen LogP contribution in [-0.4, -0.2) is 47.3 Å². The van der Waals surface area contributed by atoms with Gasteiger partial charge in [-0.05, 0) is 73.5 Å². The molecule has 5 rings (SSSR count). The van der Waals surface area contributed by atoms with Gasteiger partial charge in [-0.25, -0.2) is 4.39 Å². The summed E-state index contributed by atoms with van der Waals surface area (Å²) in [7, 11) is 1.49. The van der Waals surface area contributed by atoms with Crippen LogP contribution in [0.2, 0.25) is 0 Å². The number of benzene rings is 3. The fraction of sp³-hybridized carbons (Fsp3) is 0.226. The number of carbonyl (C=O) groups excluding carboxylic acids is 2.